The van der Waals surface area contributed by atoms with Crippen LogP contribution < -0.4 is 20.1 Å². The summed E-state index contributed by atoms with van der Waals surface area (Å²) < 4.78 is 18.9. The second kappa shape index (κ2) is 13.5. The second-order valence-electron chi connectivity index (χ2n) is 11.4. The van der Waals surface area contributed by atoms with Gasteiger partial charge in [0.05, 0.1) is 44.5 Å². The Balaban J connectivity index is 0.871. The quantitative estimate of drug-likeness (QED) is 0.152. The topological polar surface area (TPSA) is 149 Å². The van der Waals surface area contributed by atoms with Gasteiger partial charge in [-0.25, -0.2) is 9.97 Å². The second-order valence-corrected chi connectivity index (χ2v) is 11.4. The maximum atomic E-state index is 13.0. The fraction of sp³-hybridized carbons (Fsp3) is 0.257. The van der Waals surface area contributed by atoms with Crippen LogP contribution >= 0.6 is 0 Å². The van der Waals surface area contributed by atoms with E-state index in [1.165, 1.54) is 4.90 Å². The molecule has 1 atom stereocenters. The molecule has 13 heteroatoms. The number of carbonyl (C=O) groups excluding carboxylic acids is 3. The average molecular weight is 648 g/mol. The molecule has 7 rings (SSSR count). The van der Waals surface area contributed by atoms with Gasteiger partial charge in [0.1, 0.15) is 35.6 Å². The van der Waals surface area contributed by atoms with Crippen LogP contribution in [0.3, 0.4) is 0 Å². The smallest absolute Gasteiger partial charge is 0.255 e. The largest absolute Gasteiger partial charge is 0.495 e. The highest BCUT2D eigenvalue weighted by Gasteiger charge is 2.40. The van der Waals surface area contributed by atoms with Crippen LogP contribution in [0.1, 0.15) is 28.8 Å². The lowest BCUT2D eigenvalue weighted by molar-refractivity contribution is -0.136. The van der Waals surface area contributed by atoms with Crippen molar-refractivity contribution in [3.8, 4) is 34.0 Å². The highest BCUT2D eigenvalue weighted by molar-refractivity contribution is 6.05. The highest BCUT2D eigenvalue weighted by atomic mass is 16.5. The molecule has 48 heavy (non-hydrogen) atoms. The normalized spacial score (nSPS) is 15.8. The van der Waals surface area contributed by atoms with E-state index in [-0.39, 0.29) is 24.8 Å². The first kappa shape index (κ1) is 30.8. The first-order chi connectivity index (χ1) is 23.5. The highest BCUT2D eigenvalue weighted by Crippen LogP contribution is 2.33. The van der Waals surface area contributed by atoms with Crippen LogP contribution in [0.2, 0.25) is 0 Å². The monoisotopic (exact) mass is 647 g/mol. The third-order valence-electron chi connectivity index (χ3n) is 8.35. The summed E-state index contributed by atoms with van der Waals surface area (Å²) in [5.41, 5.74) is 5.55. The number of fused-ring (bicyclic) bond motifs is 2. The van der Waals surface area contributed by atoms with E-state index in [1.54, 1.807) is 31.5 Å². The van der Waals surface area contributed by atoms with Crippen LogP contribution in [0, 0.1) is 0 Å². The van der Waals surface area contributed by atoms with Crippen molar-refractivity contribution in [2.45, 2.75) is 25.4 Å². The number of rotatable bonds is 12. The molecule has 5 aromatic rings. The number of nitrogens with one attached hydrogen (secondary N) is 2. The number of imidazole rings is 1. The molecule has 4 aromatic heterocycles. The average Bonchev–Trinajstić information content (AvgIpc) is 3.69. The molecule has 6 heterocycles. The Bertz CT molecular complexity index is 1990. The van der Waals surface area contributed by atoms with E-state index < -0.39 is 11.9 Å². The van der Waals surface area contributed by atoms with Gasteiger partial charge in [-0.3, -0.25) is 24.7 Å². The summed E-state index contributed by atoms with van der Waals surface area (Å²) in [7, 11) is 1.64. The van der Waals surface area contributed by atoms with E-state index in [9.17, 15) is 14.4 Å². The Kier molecular flexibility index (Phi) is 8.67. The molecule has 1 saturated heterocycles. The zero-order valence-corrected chi connectivity index (χ0v) is 26.2. The molecule has 3 amide bonds. The van der Waals surface area contributed by atoms with Gasteiger partial charge in [0.2, 0.25) is 11.8 Å². The first-order valence-corrected chi connectivity index (χ1v) is 15.6. The number of imide groups is 1. The van der Waals surface area contributed by atoms with E-state index in [0.717, 1.165) is 39.5 Å². The molecule has 244 valence electrons. The van der Waals surface area contributed by atoms with Crippen molar-refractivity contribution in [3.63, 3.8) is 0 Å². The zero-order chi connectivity index (χ0) is 33.0. The molecular formula is C35H33N7O6. The fourth-order valence-corrected chi connectivity index (χ4v) is 5.89. The summed E-state index contributed by atoms with van der Waals surface area (Å²) in [6, 6.07) is 16.2. The van der Waals surface area contributed by atoms with Gasteiger partial charge in [0.15, 0.2) is 0 Å². The predicted molar refractivity (Wildman–Crippen MR) is 175 cm³/mol. The number of hydrogen-bond acceptors (Lipinski definition) is 10. The number of ether oxygens (including phenoxy) is 3. The summed E-state index contributed by atoms with van der Waals surface area (Å²) in [5, 5.41) is 5.61. The summed E-state index contributed by atoms with van der Waals surface area (Å²) in [4.78, 5) is 52.2. The predicted octanol–water partition coefficient (Wildman–Crippen LogP) is 3.74. The van der Waals surface area contributed by atoms with Crippen molar-refractivity contribution in [1.29, 1.82) is 0 Å². The van der Waals surface area contributed by atoms with Crippen LogP contribution in [-0.2, 0) is 20.9 Å². The number of nitrogens with zero attached hydrogens (tertiary/aromatic N) is 5. The number of piperidine rings is 1. The number of hydrogen-bond donors (Lipinski definition) is 2. The molecule has 0 bridgehead atoms. The van der Waals surface area contributed by atoms with E-state index in [2.05, 4.69) is 25.6 Å². The molecule has 1 unspecified atom stereocenters. The Morgan fingerprint density at radius 1 is 0.958 bits per heavy atom. The van der Waals surface area contributed by atoms with Crippen LogP contribution in [-0.4, -0.2) is 81.5 Å². The Morgan fingerprint density at radius 2 is 1.88 bits per heavy atom. The minimum atomic E-state index is -0.668. The molecular weight excluding hydrogens is 614 g/mol. The maximum Gasteiger partial charge on any atom is 0.255 e. The molecule has 1 fully saturated rings. The molecule has 2 aliphatic rings. The zero-order valence-electron chi connectivity index (χ0n) is 26.2. The van der Waals surface area contributed by atoms with Crippen LogP contribution in [0.4, 0.5) is 5.82 Å². The molecule has 2 aliphatic heterocycles. The van der Waals surface area contributed by atoms with Crippen molar-refractivity contribution >= 4 is 29.2 Å². The lowest BCUT2D eigenvalue weighted by Gasteiger charge is -2.29. The van der Waals surface area contributed by atoms with Crippen LogP contribution in [0.25, 0.3) is 28.2 Å². The van der Waals surface area contributed by atoms with Crippen molar-refractivity contribution < 1.29 is 28.6 Å². The number of aromatic nitrogens is 4. The number of anilines is 1. The third kappa shape index (κ3) is 6.40. The molecule has 0 aliphatic carbocycles. The molecule has 0 radical (unpaired) electrons. The molecule has 0 saturated carbocycles. The van der Waals surface area contributed by atoms with E-state index in [4.69, 9.17) is 14.2 Å². The van der Waals surface area contributed by atoms with Gasteiger partial charge in [-0.15, -0.1) is 0 Å². The molecule has 2 N–H and O–H groups in total. The minimum absolute atomic E-state index is 0.210. The number of benzene rings is 1. The fourth-order valence-electron chi connectivity index (χ4n) is 5.89. The first-order valence-electron chi connectivity index (χ1n) is 15.6. The number of methoxy groups -OCH3 is 1. The minimum Gasteiger partial charge on any atom is -0.495 e. The molecule has 0 spiro atoms. The van der Waals surface area contributed by atoms with Gasteiger partial charge in [-0.1, -0.05) is 6.07 Å². The standard InChI is InChI=1S/C35H33N7O6/c1-46-24-6-9-32-39-28(21-41(32)19-24)23-5-7-27(38-18-23)22-11-12-36-31(17-22)37-13-14-47-15-16-48-30-4-2-3-25-26(30)20-42(35(25)45)29-8-10-33(43)40-34(29)44/h2-7,9,11-12,17-19,21,29H,8,10,13-16,20H2,1H3,(H,36,37)(H,40,43,44). The Morgan fingerprint density at radius 3 is 2.71 bits per heavy atom. The van der Waals surface area contributed by atoms with Gasteiger partial charge < -0.3 is 28.8 Å². The van der Waals surface area contributed by atoms with Gasteiger partial charge in [0.25, 0.3) is 5.91 Å². The van der Waals surface area contributed by atoms with Crippen LogP contribution in [0.15, 0.2) is 79.4 Å². The van der Waals surface area contributed by atoms with Crippen molar-refractivity contribution in [3.05, 3.63) is 90.5 Å². The molecule has 13 nitrogen and oxygen atoms in total. The SMILES string of the molecule is COc1ccc2nc(-c3ccc(-c4ccnc(NCCOCCOc5cccc6c5CN(C5CCC(=O)NC5=O)C6=O)c4)nc3)cn2c1. The maximum absolute atomic E-state index is 13.0. The van der Waals surface area contributed by atoms with Gasteiger partial charge in [-0.05, 0) is 55.0 Å². The van der Waals surface area contributed by atoms with Crippen LogP contribution in [0.5, 0.6) is 11.5 Å². The Hall–Kier alpha value is -5.82. The van der Waals surface area contributed by atoms with Gasteiger partial charge in [0, 0.05) is 53.8 Å². The van der Waals surface area contributed by atoms with E-state index in [1.807, 2.05) is 59.4 Å². The molecule has 1 aromatic carbocycles. The lowest BCUT2D eigenvalue weighted by Crippen LogP contribution is -2.52. The third-order valence-corrected chi connectivity index (χ3v) is 8.35. The lowest BCUT2D eigenvalue weighted by atomic mass is 10.0. The summed E-state index contributed by atoms with van der Waals surface area (Å²) in [6.07, 6.45) is 7.91. The van der Waals surface area contributed by atoms with Crippen molar-refractivity contribution in [2.24, 2.45) is 0 Å². The van der Waals surface area contributed by atoms with Gasteiger partial charge in [-0.2, -0.15) is 0 Å². The number of amides is 3. The van der Waals surface area contributed by atoms with Crippen molar-refractivity contribution in [1.82, 2.24) is 29.6 Å². The van der Waals surface area contributed by atoms with E-state index >= 15 is 0 Å². The number of carbonyl (C=O) groups is 3. The van der Waals surface area contributed by atoms with E-state index in [0.29, 0.717) is 49.9 Å². The summed E-state index contributed by atoms with van der Waals surface area (Å²) in [6.45, 7) is 1.87. The van der Waals surface area contributed by atoms with Gasteiger partial charge >= 0.3 is 0 Å². The van der Waals surface area contributed by atoms with Crippen molar-refractivity contribution in [2.75, 3.05) is 38.8 Å². The Labute approximate surface area is 275 Å². The summed E-state index contributed by atoms with van der Waals surface area (Å²) >= 11 is 0. The summed E-state index contributed by atoms with van der Waals surface area (Å²) in [5.74, 6) is 1.06. The number of pyridine rings is 3.